The summed E-state index contributed by atoms with van der Waals surface area (Å²) in [5.41, 5.74) is 0.926. The van der Waals surface area contributed by atoms with Crippen molar-refractivity contribution >= 4 is 17.7 Å². The van der Waals surface area contributed by atoms with E-state index in [9.17, 15) is 0 Å². The highest BCUT2D eigenvalue weighted by atomic mass is 32.2. The number of nitrogens with one attached hydrogen (secondary N) is 1. The minimum Gasteiger partial charge on any atom is -0.478 e. The van der Waals surface area contributed by atoms with Crippen LogP contribution >= 0.6 is 11.8 Å². The van der Waals surface area contributed by atoms with Gasteiger partial charge in [-0.1, -0.05) is 0 Å². The molecule has 0 fully saturated rings. The van der Waals surface area contributed by atoms with E-state index in [1.54, 1.807) is 0 Å². The van der Waals surface area contributed by atoms with Crippen molar-refractivity contribution in [1.82, 2.24) is 9.97 Å². The Morgan fingerprint density at radius 3 is 2.88 bits per heavy atom. The molecule has 0 saturated carbocycles. The van der Waals surface area contributed by atoms with Gasteiger partial charge in [-0.05, 0) is 38.7 Å². The summed E-state index contributed by atoms with van der Waals surface area (Å²) in [6.07, 6.45) is 4.49. The summed E-state index contributed by atoms with van der Waals surface area (Å²) in [5, 5.41) is 3.23. The monoisotopic (exact) mass is 255 g/mol. The molecule has 1 aromatic heterocycles. The van der Waals surface area contributed by atoms with Crippen molar-refractivity contribution < 1.29 is 4.74 Å². The molecule has 1 aromatic rings. The van der Waals surface area contributed by atoms with Crippen LogP contribution in [0.25, 0.3) is 0 Å². The Labute approximate surface area is 108 Å². The predicted octanol–water partition coefficient (Wildman–Crippen LogP) is 2.74. The van der Waals surface area contributed by atoms with Crippen LogP contribution in [-0.4, -0.2) is 35.1 Å². The van der Waals surface area contributed by atoms with Crippen LogP contribution in [0, 0.1) is 6.92 Å². The average Bonchev–Trinajstić information content (AvgIpc) is 2.28. The first-order valence-electron chi connectivity index (χ1n) is 5.97. The van der Waals surface area contributed by atoms with Crippen molar-refractivity contribution in [3.63, 3.8) is 0 Å². The number of unbranched alkanes of at least 4 members (excludes halogenated alkanes) is 1. The first-order chi connectivity index (χ1) is 8.26. The Hall–Kier alpha value is -0.970. The number of ether oxygens (including phenoxy) is 1. The number of aromatic nitrogens is 2. The maximum atomic E-state index is 5.38. The number of nitrogens with zero attached hydrogens (tertiary/aromatic N) is 2. The summed E-state index contributed by atoms with van der Waals surface area (Å²) >= 11 is 1.88. The van der Waals surface area contributed by atoms with Crippen LogP contribution < -0.4 is 10.1 Å². The standard InChI is InChI=1S/C12H21N3OS/c1-4-16-11-9-10(2)14-12(15-11)13-7-5-6-8-17-3/h9H,4-8H2,1-3H3,(H,13,14,15). The molecule has 0 unspecified atom stereocenters. The fourth-order valence-corrected chi connectivity index (χ4v) is 1.90. The van der Waals surface area contributed by atoms with E-state index in [0.717, 1.165) is 18.7 Å². The SMILES string of the molecule is CCOc1cc(C)nc(NCCCCSC)n1. The van der Waals surface area contributed by atoms with Gasteiger partial charge in [-0.25, -0.2) is 4.98 Å². The van der Waals surface area contributed by atoms with Gasteiger partial charge >= 0.3 is 0 Å². The first-order valence-corrected chi connectivity index (χ1v) is 7.37. The van der Waals surface area contributed by atoms with E-state index >= 15 is 0 Å². The maximum absolute atomic E-state index is 5.38. The predicted molar refractivity (Wildman–Crippen MR) is 74.0 cm³/mol. The van der Waals surface area contributed by atoms with Crippen LogP contribution in [0.15, 0.2) is 6.07 Å². The Kier molecular flexibility index (Phi) is 6.77. The lowest BCUT2D eigenvalue weighted by Crippen LogP contribution is -2.07. The fourth-order valence-electron chi connectivity index (χ4n) is 1.41. The molecular formula is C12H21N3OS. The third kappa shape index (κ3) is 5.77. The maximum Gasteiger partial charge on any atom is 0.226 e. The van der Waals surface area contributed by atoms with Gasteiger partial charge in [0.15, 0.2) is 0 Å². The van der Waals surface area contributed by atoms with Crippen LogP contribution in [0.1, 0.15) is 25.5 Å². The Bertz CT molecular complexity index is 334. The molecule has 0 aliphatic carbocycles. The molecule has 5 heteroatoms. The zero-order valence-electron chi connectivity index (χ0n) is 10.8. The Balaban J connectivity index is 2.41. The van der Waals surface area contributed by atoms with Crippen LogP contribution in [0.3, 0.4) is 0 Å². The largest absolute Gasteiger partial charge is 0.478 e. The molecule has 0 atom stereocenters. The van der Waals surface area contributed by atoms with Gasteiger partial charge in [0.25, 0.3) is 0 Å². The third-order valence-corrected chi connectivity index (χ3v) is 2.88. The van der Waals surface area contributed by atoms with Gasteiger partial charge < -0.3 is 10.1 Å². The molecule has 0 radical (unpaired) electrons. The summed E-state index contributed by atoms with van der Waals surface area (Å²) < 4.78 is 5.38. The molecule has 1 rings (SSSR count). The normalized spacial score (nSPS) is 10.3. The lowest BCUT2D eigenvalue weighted by atomic mass is 10.3. The summed E-state index contributed by atoms with van der Waals surface area (Å²) in [6, 6.07) is 1.85. The smallest absolute Gasteiger partial charge is 0.226 e. The minimum atomic E-state index is 0.629. The second-order valence-electron chi connectivity index (χ2n) is 3.73. The molecule has 0 amide bonds. The number of thioether (sulfide) groups is 1. The van der Waals surface area contributed by atoms with E-state index in [1.807, 2.05) is 31.7 Å². The van der Waals surface area contributed by atoms with Crippen LogP contribution in [-0.2, 0) is 0 Å². The van der Waals surface area contributed by atoms with Gasteiger partial charge in [-0.3, -0.25) is 0 Å². The molecule has 4 nitrogen and oxygen atoms in total. The van der Waals surface area contributed by atoms with Gasteiger partial charge in [0.2, 0.25) is 11.8 Å². The van der Waals surface area contributed by atoms with E-state index in [2.05, 4.69) is 21.5 Å². The highest BCUT2D eigenvalue weighted by Crippen LogP contribution is 2.12. The van der Waals surface area contributed by atoms with Gasteiger partial charge in [-0.2, -0.15) is 16.7 Å². The molecule has 17 heavy (non-hydrogen) atoms. The van der Waals surface area contributed by atoms with Gasteiger partial charge in [-0.15, -0.1) is 0 Å². The van der Waals surface area contributed by atoms with Gasteiger partial charge in [0, 0.05) is 18.3 Å². The fraction of sp³-hybridized carbons (Fsp3) is 0.667. The summed E-state index contributed by atoms with van der Waals surface area (Å²) in [7, 11) is 0. The molecule has 1 heterocycles. The number of anilines is 1. The van der Waals surface area contributed by atoms with Crippen molar-refractivity contribution in [2.75, 3.05) is 30.5 Å². The Morgan fingerprint density at radius 2 is 2.18 bits per heavy atom. The first kappa shape index (κ1) is 14.1. The van der Waals surface area contributed by atoms with Crippen molar-refractivity contribution in [2.45, 2.75) is 26.7 Å². The number of rotatable bonds is 8. The number of aryl methyl sites for hydroxylation is 1. The molecule has 0 aromatic carbocycles. The van der Waals surface area contributed by atoms with E-state index in [0.29, 0.717) is 18.4 Å². The highest BCUT2D eigenvalue weighted by molar-refractivity contribution is 7.98. The molecular weight excluding hydrogens is 234 g/mol. The van der Waals surface area contributed by atoms with Gasteiger partial charge in [0.05, 0.1) is 6.61 Å². The molecule has 0 aliphatic rings. The molecule has 0 spiro atoms. The van der Waals surface area contributed by atoms with E-state index in [1.165, 1.54) is 12.2 Å². The van der Waals surface area contributed by atoms with Crippen LogP contribution in [0.2, 0.25) is 0 Å². The van der Waals surface area contributed by atoms with Crippen molar-refractivity contribution in [3.8, 4) is 5.88 Å². The van der Waals surface area contributed by atoms with Crippen LogP contribution in [0.4, 0.5) is 5.95 Å². The molecule has 0 aliphatic heterocycles. The minimum absolute atomic E-state index is 0.629. The second kappa shape index (κ2) is 8.17. The van der Waals surface area contributed by atoms with Crippen molar-refractivity contribution in [1.29, 1.82) is 0 Å². The number of hydrogen-bond donors (Lipinski definition) is 1. The quantitative estimate of drug-likeness (QED) is 0.724. The lowest BCUT2D eigenvalue weighted by Gasteiger charge is -2.08. The molecule has 0 saturated heterocycles. The highest BCUT2D eigenvalue weighted by Gasteiger charge is 2.01. The zero-order valence-corrected chi connectivity index (χ0v) is 11.6. The van der Waals surface area contributed by atoms with E-state index < -0.39 is 0 Å². The molecule has 96 valence electrons. The average molecular weight is 255 g/mol. The lowest BCUT2D eigenvalue weighted by molar-refractivity contribution is 0.326. The second-order valence-corrected chi connectivity index (χ2v) is 4.72. The summed E-state index contributed by atoms with van der Waals surface area (Å²) in [6.45, 7) is 5.44. The Morgan fingerprint density at radius 1 is 1.35 bits per heavy atom. The molecule has 0 bridgehead atoms. The number of hydrogen-bond acceptors (Lipinski definition) is 5. The zero-order chi connectivity index (χ0) is 12.5. The molecule has 1 N–H and O–H groups in total. The van der Waals surface area contributed by atoms with Crippen molar-refractivity contribution in [3.05, 3.63) is 11.8 Å². The van der Waals surface area contributed by atoms with E-state index in [-0.39, 0.29) is 0 Å². The summed E-state index contributed by atoms with van der Waals surface area (Å²) in [4.78, 5) is 8.62. The van der Waals surface area contributed by atoms with E-state index in [4.69, 9.17) is 4.74 Å². The third-order valence-electron chi connectivity index (χ3n) is 2.18. The van der Waals surface area contributed by atoms with Crippen molar-refractivity contribution in [2.24, 2.45) is 0 Å². The summed E-state index contributed by atoms with van der Waals surface area (Å²) in [5.74, 6) is 2.52. The topological polar surface area (TPSA) is 47.0 Å². The van der Waals surface area contributed by atoms with Gasteiger partial charge in [0.1, 0.15) is 0 Å². The van der Waals surface area contributed by atoms with Crippen LogP contribution in [0.5, 0.6) is 5.88 Å².